The van der Waals surface area contributed by atoms with Crippen LogP contribution in [0.2, 0.25) is 0 Å². The first kappa shape index (κ1) is 12.0. The number of nitrogens with zero attached hydrogens (tertiary/aromatic N) is 2. The molecule has 1 saturated heterocycles. The minimum atomic E-state index is -1.46. The molecule has 2 aliphatic heterocycles. The van der Waals surface area contributed by atoms with E-state index >= 15 is 0 Å². The maximum absolute atomic E-state index is 11.6. The largest absolute Gasteiger partial charge is 0.394 e. The van der Waals surface area contributed by atoms with Crippen molar-refractivity contribution >= 4 is 12.0 Å². The number of rotatable bonds is 2. The molecule has 6 N–H and O–H groups in total. The molecule has 0 radical (unpaired) electrons. The monoisotopic (exact) mass is 246 g/mol. The van der Waals surface area contributed by atoms with Gasteiger partial charge in [-0.05, 0) is 0 Å². The Morgan fingerprint density at radius 2 is 2.29 bits per heavy atom. The fourth-order valence-electron chi connectivity index (χ4n) is 1.83. The first-order valence-electron chi connectivity index (χ1n) is 5.08. The number of carbonyl (C=O) groups is 1. The van der Waals surface area contributed by atoms with Crippen LogP contribution in [0, 0.1) is 0 Å². The van der Waals surface area contributed by atoms with E-state index in [1.54, 1.807) is 0 Å². The molecule has 1 unspecified atom stereocenters. The van der Waals surface area contributed by atoms with E-state index in [1.165, 1.54) is 0 Å². The summed E-state index contributed by atoms with van der Waals surface area (Å²) in [6.45, 7) is -0.366. The second-order valence-corrected chi connectivity index (χ2v) is 3.81. The van der Waals surface area contributed by atoms with Gasteiger partial charge in [-0.1, -0.05) is 0 Å². The van der Waals surface area contributed by atoms with Gasteiger partial charge in [0.05, 0.1) is 12.7 Å². The number of nitrogens with two attached hydrogens (primary N) is 1. The predicted octanol–water partition coefficient (Wildman–Crippen LogP) is -2.93. The zero-order chi connectivity index (χ0) is 12.6. The van der Waals surface area contributed by atoms with Crippen LogP contribution in [0.15, 0.2) is 4.99 Å². The summed E-state index contributed by atoms with van der Waals surface area (Å²) in [6.07, 6.45) is -3.89. The lowest BCUT2D eigenvalue weighted by Gasteiger charge is -2.33. The van der Waals surface area contributed by atoms with E-state index in [-0.39, 0.29) is 19.0 Å². The molecule has 0 saturated carbocycles. The number of aliphatic hydroxyl groups is 3. The molecule has 2 aliphatic rings. The van der Waals surface area contributed by atoms with Gasteiger partial charge in [0.15, 0.2) is 0 Å². The zero-order valence-corrected chi connectivity index (χ0v) is 8.85. The van der Waals surface area contributed by atoms with Crippen molar-refractivity contribution in [3.05, 3.63) is 0 Å². The number of aliphatic imine (C=N–C) groups is 1. The molecule has 0 aromatic carbocycles. The highest BCUT2D eigenvalue weighted by atomic mass is 16.5. The number of hydrogen-bond donors (Lipinski definition) is 5. The fourth-order valence-corrected chi connectivity index (χ4v) is 1.83. The average Bonchev–Trinajstić information content (AvgIpc) is 2.57. The molecule has 9 heteroatoms. The number of urea groups is 1. The van der Waals surface area contributed by atoms with Crippen molar-refractivity contribution in [1.29, 1.82) is 0 Å². The molecule has 2 amide bonds. The Kier molecular flexibility index (Phi) is 3.15. The normalized spacial score (nSPS) is 37.9. The summed E-state index contributed by atoms with van der Waals surface area (Å²) in [7, 11) is 0. The van der Waals surface area contributed by atoms with Gasteiger partial charge in [0, 0.05) is 6.42 Å². The van der Waals surface area contributed by atoms with Crippen molar-refractivity contribution in [3.8, 4) is 0 Å². The molecule has 96 valence electrons. The Hall–Kier alpha value is -1.42. The number of nitrogens with one attached hydrogen (secondary N) is 1. The molecule has 0 aromatic heterocycles. The Bertz CT molecular complexity index is 349. The fraction of sp³-hybridized carbons (Fsp3) is 0.750. The molecule has 0 spiro atoms. The molecule has 4 atom stereocenters. The number of amides is 2. The van der Waals surface area contributed by atoms with E-state index in [4.69, 9.17) is 15.6 Å². The van der Waals surface area contributed by atoms with Crippen LogP contribution in [-0.2, 0) is 4.74 Å². The SMILES string of the molecule is NC1=NC(O)N([C@H]2C[C@H](O)[C@@H](CO)O2)C(=O)N1. The Balaban J connectivity index is 2.11. The second kappa shape index (κ2) is 4.45. The van der Waals surface area contributed by atoms with Crippen molar-refractivity contribution < 1.29 is 24.9 Å². The van der Waals surface area contributed by atoms with E-state index in [0.29, 0.717) is 0 Å². The van der Waals surface area contributed by atoms with E-state index in [1.807, 2.05) is 0 Å². The summed E-state index contributed by atoms with van der Waals surface area (Å²) < 4.78 is 5.23. The van der Waals surface area contributed by atoms with E-state index < -0.39 is 30.8 Å². The van der Waals surface area contributed by atoms with Crippen LogP contribution in [0.5, 0.6) is 0 Å². The third-order valence-corrected chi connectivity index (χ3v) is 2.67. The molecule has 1 fully saturated rings. The maximum atomic E-state index is 11.6. The number of carbonyl (C=O) groups excluding carboxylic acids is 1. The quantitative estimate of drug-likeness (QED) is 0.353. The van der Waals surface area contributed by atoms with Crippen LogP contribution >= 0.6 is 0 Å². The molecule has 9 nitrogen and oxygen atoms in total. The molecular weight excluding hydrogens is 232 g/mol. The molecule has 2 rings (SSSR count). The third kappa shape index (κ3) is 2.17. The van der Waals surface area contributed by atoms with Crippen LogP contribution < -0.4 is 11.1 Å². The minimum Gasteiger partial charge on any atom is -0.394 e. The standard InChI is InChI=1S/C8H14N4O5/c9-6-10-7(15)12(8(16)11-6)5-1-3(14)4(2-13)17-5/h3-5,7,13-15H,1-2H2,(H3,9,10,11,16)/t3-,4+,5+,7?/m0/s1. The van der Waals surface area contributed by atoms with Crippen LogP contribution in [0.3, 0.4) is 0 Å². The van der Waals surface area contributed by atoms with E-state index in [2.05, 4.69) is 10.3 Å². The molecule has 17 heavy (non-hydrogen) atoms. The van der Waals surface area contributed by atoms with Gasteiger partial charge < -0.3 is 25.8 Å². The van der Waals surface area contributed by atoms with Gasteiger partial charge in [0.2, 0.25) is 12.3 Å². The third-order valence-electron chi connectivity index (χ3n) is 2.67. The summed E-state index contributed by atoms with van der Waals surface area (Å²) >= 11 is 0. The highest BCUT2D eigenvalue weighted by molar-refractivity contribution is 5.97. The summed E-state index contributed by atoms with van der Waals surface area (Å²) in [5.74, 6) is -0.184. The number of aliphatic hydroxyl groups excluding tert-OH is 3. The van der Waals surface area contributed by atoms with Gasteiger partial charge in [-0.3, -0.25) is 10.2 Å². The average molecular weight is 246 g/mol. The van der Waals surface area contributed by atoms with Gasteiger partial charge in [-0.2, -0.15) is 0 Å². The van der Waals surface area contributed by atoms with Crippen molar-refractivity contribution in [3.63, 3.8) is 0 Å². The Labute approximate surface area is 96.5 Å². The zero-order valence-electron chi connectivity index (χ0n) is 8.85. The Morgan fingerprint density at radius 1 is 1.59 bits per heavy atom. The van der Waals surface area contributed by atoms with Crippen LogP contribution in [0.25, 0.3) is 0 Å². The lowest BCUT2D eigenvalue weighted by molar-refractivity contribution is -0.109. The highest BCUT2D eigenvalue weighted by Gasteiger charge is 2.42. The first-order chi connectivity index (χ1) is 8.02. The Morgan fingerprint density at radius 3 is 2.82 bits per heavy atom. The van der Waals surface area contributed by atoms with Gasteiger partial charge in [0.1, 0.15) is 12.3 Å². The molecule has 0 aliphatic carbocycles. The number of hydrogen-bond acceptors (Lipinski definition) is 7. The summed E-state index contributed by atoms with van der Waals surface area (Å²) in [5, 5.41) is 30.2. The summed E-state index contributed by atoms with van der Waals surface area (Å²) in [4.78, 5) is 16.0. The smallest absolute Gasteiger partial charge is 0.329 e. The lowest BCUT2D eigenvalue weighted by Crippen LogP contribution is -2.58. The van der Waals surface area contributed by atoms with Gasteiger partial charge >= 0.3 is 6.03 Å². The minimum absolute atomic E-state index is 0.0884. The number of guanidine groups is 1. The molecule has 0 aromatic rings. The maximum Gasteiger partial charge on any atom is 0.329 e. The van der Waals surface area contributed by atoms with Crippen LogP contribution in [0.1, 0.15) is 6.42 Å². The number of ether oxygens (including phenoxy) is 1. The van der Waals surface area contributed by atoms with E-state index in [0.717, 1.165) is 4.90 Å². The van der Waals surface area contributed by atoms with Crippen LogP contribution in [-0.4, -0.2) is 63.6 Å². The second-order valence-electron chi connectivity index (χ2n) is 3.81. The van der Waals surface area contributed by atoms with Crippen molar-refractivity contribution in [2.24, 2.45) is 10.7 Å². The lowest BCUT2D eigenvalue weighted by atomic mass is 10.2. The van der Waals surface area contributed by atoms with E-state index in [9.17, 15) is 15.0 Å². The van der Waals surface area contributed by atoms with Gasteiger partial charge in [-0.25, -0.2) is 9.79 Å². The predicted molar refractivity (Wildman–Crippen MR) is 54.4 cm³/mol. The van der Waals surface area contributed by atoms with Crippen molar-refractivity contribution in [2.45, 2.75) is 31.2 Å². The topological polar surface area (TPSA) is 141 Å². The van der Waals surface area contributed by atoms with Gasteiger partial charge in [-0.15, -0.1) is 0 Å². The van der Waals surface area contributed by atoms with Gasteiger partial charge in [0.25, 0.3) is 0 Å². The van der Waals surface area contributed by atoms with Crippen LogP contribution in [0.4, 0.5) is 4.79 Å². The molecular formula is C8H14N4O5. The highest BCUT2D eigenvalue weighted by Crippen LogP contribution is 2.25. The summed E-state index contributed by atoms with van der Waals surface area (Å²) in [5.41, 5.74) is 5.26. The van der Waals surface area contributed by atoms with Crippen molar-refractivity contribution in [1.82, 2.24) is 10.2 Å². The molecule has 2 heterocycles. The summed E-state index contributed by atoms with van der Waals surface area (Å²) in [6, 6.07) is -0.666. The van der Waals surface area contributed by atoms with Crippen molar-refractivity contribution in [2.75, 3.05) is 6.61 Å². The first-order valence-corrected chi connectivity index (χ1v) is 5.08. The molecule has 0 bridgehead atoms.